The Kier molecular flexibility index (Phi) is 6.12. The molecule has 1 fully saturated rings. The normalized spacial score (nSPS) is 20.5. The van der Waals surface area contributed by atoms with Gasteiger partial charge in [0.25, 0.3) is 0 Å². The Hall–Kier alpha value is -1.82. The van der Waals surface area contributed by atoms with Crippen molar-refractivity contribution in [2.45, 2.75) is 11.8 Å². The quantitative estimate of drug-likeness (QED) is 0.801. The Morgan fingerprint density at radius 1 is 1.19 bits per heavy atom. The average Bonchev–Trinajstić information content (AvgIpc) is 3.24. The lowest BCUT2D eigenvalue weighted by Gasteiger charge is -2.26. The highest BCUT2D eigenvalue weighted by Crippen LogP contribution is 2.35. The first-order valence-electron chi connectivity index (χ1n) is 9.53. The maximum absolute atomic E-state index is 13.4. The van der Waals surface area contributed by atoms with Gasteiger partial charge in [-0.2, -0.15) is 0 Å². The predicted octanol–water partition coefficient (Wildman–Crippen LogP) is 4.33. The molecule has 1 N–H and O–H groups in total. The summed E-state index contributed by atoms with van der Waals surface area (Å²) in [5.41, 5.74) is 3.48. The van der Waals surface area contributed by atoms with E-state index in [0.717, 1.165) is 49.7 Å². The van der Waals surface area contributed by atoms with Crippen molar-refractivity contribution >= 4 is 17.3 Å². The molecule has 1 atom stereocenters. The summed E-state index contributed by atoms with van der Waals surface area (Å²) in [6, 6.07) is 15.2. The number of benzene rings is 2. The number of hydrogen-bond donors (Lipinski definition) is 1. The Labute approximate surface area is 164 Å². The van der Waals surface area contributed by atoms with Gasteiger partial charge in [-0.05, 0) is 35.8 Å². The average molecular weight is 385 g/mol. The lowest BCUT2D eigenvalue weighted by atomic mass is 9.99. The molecule has 0 spiro atoms. The summed E-state index contributed by atoms with van der Waals surface area (Å²) in [7, 11) is 0. The summed E-state index contributed by atoms with van der Waals surface area (Å²) in [6.45, 7) is 4.49. The number of rotatable bonds is 6. The third kappa shape index (κ3) is 4.72. The van der Waals surface area contributed by atoms with E-state index >= 15 is 0 Å². The summed E-state index contributed by atoms with van der Waals surface area (Å²) in [6.07, 6.45) is 3.16. The molecule has 2 aromatic carbocycles. The zero-order chi connectivity index (χ0) is 18.5. The van der Waals surface area contributed by atoms with Gasteiger partial charge in [-0.15, -0.1) is 11.8 Å². The van der Waals surface area contributed by atoms with Gasteiger partial charge in [0.2, 0.25) is 0 Å². The largest absolute Gasteiger partial charge is 0.492 e. The van der Waals surface area contributed by atoms with E-state index in [4.69, 9.17) is 4.74 Å². The van der Waals surface area contributed by atoms with Gasteiger partial charge in [-0.1, -0.05) is 36.4 Å². The molecule has 1 unspecified atom stereocenters. The third-order valence-corrected chi connectivity index (χ3v) is 6.27. The highest BCUT2D eigenvalue weighted by molar-refractivity contribution is 7.99. The van der Waals surface area contributed by atoms with Gasteiger partial charge >= 0.3 is 0 Å². The maximum atomic E-state index is 13.4. The molecule has 5 heteroatoms. The molecule has 1 saturated heterocycles. The second kappa shape index (κ2) is 8.91. The van der Waals surface area contributed by atoms with Crippen molar-refractivity contribution in [1.82, 2.24) is 10.2 Å². The van der Waals surface area contributed by atoms with Crippen LogP contribution in [-0.4, -0.2) is 43.4 Å². The number of thioether (sulfide) groups is 1. The molecule has 0 amide bonds. The molecule has 2 aliphatic heterocycles. The first kappa shape index (κ1) is 18.5. The van der Waals surface area contributed by atoms with Crippen molar-refractivity contribution in [3.63, 3.8) is 0 Å². The smallest absolute Gasteiger partial charge is 0.124 e. The lowest BCUT2D eigenvalue weighted by Crippen LogP contribution is -2.32. The highest BCUT2D eigenvalue weighted by atomic mass is 32.2. The van der Waals surface area contributed by atoms with Crippen LogP contribution in [0.4, 0.5) is 4.39 Å². The minimum absolute atomic E-state index is 0.169. The van der Waals surface area contributed by atoms with Crippen LogP contribution in [-0.2, 0) is 0 Å². The number of halogens is 1. The van der Waals surface area contributed by atoms with Crippen LogP contribution in [0.15, 0.2) is 54.6 Å². The second-order valence-electron chi connectivity index (χ2n) is 6.88. The van der Waals surface area contributed by atoms with E-state index in [2.05, 4.69) is 34.5 Å². The zero-order valence-corrected chi connectivity index (χ0v) is 16.2. The molecule has 4 rings (SSSR count). The van der Waals surface area contributed by atoms with Crippen LogP contribution in [0.1, 0.15) is 22.9 Å². The van der Waals surface area contributed by atoms with Crippen LogP contribution in [0, 0.1) is 5.82 Å². The first-order valence-corrected chi connectivity index (χ1v) is 10.6. The molecule has 27 heavy (non-hydrogen) atoms. The van der Waals surface area contributed by atoms with Crippen LogP contribution in [0.25, 0.3) is 5.57 Å². The molecule has 0 aliphatic carbocycles. The van der Waals surface area contributed by atoms with Crippen molar-refractivity contribution in [2.24, 2.45) is 0 Å². The molecule has 2 heterocycles. The molecule has 0 radical (unpaired) electrons. The van der Waals surface area contributed by atoms with E-state index in [1.807, 2.05) is 23.9 Å². The standard InChI is InChI=1S/C22H25FN2OS/c23-19-5-3-4-18(16-19)17-8-11-25(12-9-17)13-14-26-21-7-2-1-6-20(21)22-24-10-15-27-22/h1-8,16,22,24H,9-15H2. The van der Waals surface area contributed by atoms with Gasteiger partial charge in [0.05, 0.1) is 5.37 Å². The molecule has 0 saturated carbocycles. The number of nitrogens with one attached hydrogen (secondary N) is 1. The van der Waals surface area contributed by atoms with E-state index < -0.39 is 0 Å². The fourth-order valence-electron chi connectivity index (χ4n) is 3.60. The molecule has 142 valence electrons. The lowest BCUT2D eigenvalue weighted by molar-refractivity contribution is 0.221. The monoisotopic (exact) mass is 384 g/mol. The van der Waals surface area contributed by atoms with Crippen molar-refractivity contribution in [3.8, 4) is 5.75 Å². The van der Waals surface area contributed by atoms with Gasteiger partial charge in [-0.3, -0.25) is 4.90 Å². The number of nitrogens with zero attached hydrogens (tertiary/aromatic N) is 1. The Morgan fingerprint density at radius 3 is 2.89 bits per heavy atom. The summed E-state index contributed by atoms with van der Waals surface area (Å²) in [5, 5.41) is 3.86. The van der Waals surface area contributed by atoms with E-state index in [9.17, 15) is 4.39 Å². The SMILES string of the molecule is Fc1cccc(C2=CCN(CCOc3ccccc3C3NCCS3)CC2)c1. The fourth-order valence-corrected chi connectivity index (χ4v) is 4.68. The summed E-state index contributed by atoms with van der Waals surface area (Å²) >= 11 is 1.93. The number of hydrogen-bond acceptors (Lipinski definition) is 4. The van der Waals surface area contributed by atoms with E-state index in [-0.39, 0.29) is 5.82 Å². The maximum Gasteiger partial charge on any atom is 0.124 e. The van der Waals surface area contributed by atoms with E-state index in [0.29, 0.717) is 12.0 Å². The number of ether oxygens (including phenoxy) is 1. The topological polar surface area (TPSA) is 24.5 Å². The highest BCUT2D eigenvalue weighted by Gasteiger charge is 2.20. The van der Waals surface area contributed by atoms with Gasteiger partial charge in [0.15, 0.2) is 0 Å². The van der Waals surface area contributed by atoms with Crippen molar-refractivity contribution < 1.29 is 9.13 Å². The first-order chi connectivity index (χ1) is 13.3. The Bertz CT molecular complexity index is 804. The molecule has 0 aromatic heterocycles. The number of para-hydroxylation sites is 1. The molecule has 3 nitrogen and oxygen atoms in total. The fraction of sp³-hybridized carbons (Fsp3) is 0.364. The van der Waals surface area contributed by atoms with Gasteiger partial charge in [0.1, 0.15) is 18.2 Å². The van der Waals surface area contributed by atoms with E-state index in [1.165, 1.54) is 17.2 Å². The minimum atomic E-state index is -0.169. The second-order valence-corrected chi connectivity index (χ2v) is 8.09. The van der Waals surface area contributed by atoms with Crippen molar-refractivity contribution in [3.05, 3.63) is 71.6 Å². The van der Waals surface area contributed by atoms with Gasteiger partial charge in [-0.25, -0.2) is 4.39 Å². The summed E-state index contributed by atoms with van der Waals surface area (Å²) < 4.78 is 19.5. The Balaban J connectivity index is 1.30. The molecule has 2 aliphatic rings. The molecule has 0 bridgehead atoms. The Morgan fingerprint density at radius 2 is 2.11 bits per heavy atom. The van der Waals surface area contributed by atoms with Crippen molar-refractivity contribution in [2.75, 3.05) is 38.5 Å². The van der Waals surface area contributed by atoms with Crippen molar-refractivity contribution in [1.29, 1.82) is 0 Å². The van der Waals surface area contributed by atoms with Gasteiger partial charge in [0, 0.05) is 37.5 Å². The van der Waals surface area contributed by atoms with Crippen LogP contribution in [0.3, 0.4) is 0 Å². The van der Waals surface area contributed by atoms with Crippen LogP contribution in [0.2, 0.25) is 0 Å². The van der Waals surface area contributed by atoms with Crippen LogP contribution in [0.5, 0.6) is 5.75 Å². The van der Waals surface area contributed by atoms with Gasteiger partial charge < -0.3 is 10.1 Å². The summed E-state index contributed by atoms with van der Waals surface area (Å²) in [4.78, 5) is 2.38. The molecular weight excluding hydrogens is 359 g/mol. The third-order valence-electron chi connectivity index (χ3n) is 5.07. The minimum Gasteiger partial charge on any atom is -0.492 e. The zero-order valence-electron chi connectivity index (χ0n) is 15.4. The summed E-state index contributed by atoms with van der Waals surface area (Å²) in [5.74, 6) is 1.96. The molecular formula is C22H25FN2OS. The van der Waals surface area contributed by atoms with E-state index in [1.54, 1.807) is 12.1 Å². The van der Waals surface area contributed by atoms with Crippen LogP contribution >= 0.6 is 11.8 Å². The predicted molar refractivity (Wildman–Crippen MR) is 111 cm³/mol. The molecule has 2 aromatic rings. The van der Waals surface area contributed by atoms with Crippen LogP contribution < -0.4 is 10.1 Å².